The third-order valence-corrected chi connectivity index (χ3v) is 2.91. The molecule has 1 N–H and O–H groups in total. The number of rotatable bonds is 1. The highest BCUT2D eigenvalue weighted by Crippen LogP contribution is 2.19. The lowest BCUT2D eigenvalue weighted by molar-refractivity contribution is -0.0327. The molecule has 0 fully saturated rings. The normalized spacial score (nSPS) is 12.8. The molecule has 0 unspecified atom stereocenters. The van der Waals surface area contributed by atoms with Crippen molar-refractivity contribution in [1.82, 2.24) is 10.0 Å². The van der Waals surface area contributed by atoms with Gasteiger partial charge in [0.2, 0.25) is 0 Å². The number of hydroxylamine groups is 2. The molecule has 1 aliphatic heterocycles. The van der Waals surface area contributed by atoms with Crippen LogP contribution in [-0.2, 0) is 5.88 Å². The molecule has 0 spiro atoms. The van der Waals surface area contributed by atoms with E-state index >= 15 is 0 Å². The number of hydrogen-bond acceptors (Lipinski definition) is 4. The van der Waals surface area contributed by atoms with E-state index in [0.717, 1.165) is 5.69 Å². The first-order chi connectivity index (χ1) is 9.65. The fourth-order valence-electron chi connectivity index (χ4n) is 1.65. The van der Waals surface area contributed by atoms with Gasteiger partial charge in [0.15, 0.2) is 0 Å². The highest BCUT2D eigenvalue weighted by molar-refractivity contribution is 6.20. The van der Waals surface area contributed by atoms with Gasteiger partial charge >= 0.3 is 0 Å². The molecule has 0 aliphatic carbocycles. The van der Waals surface area contributed by atoms with Gasteiger partial charge in [0, 0.05) is 6.20 Å². The summed E-state index contributed by atoms with van der Waals surface area (Å²) in [5, 5.41) is 9.05. The van der Waals surface area contributed by atoms with Gasteiger partial charge in [-0.25, -0.2) is 0 Å². The summed E-state index contributed by atoms with van der Waals surface area (Å²) >= 11 is 5.46. The van der Waals surface area contributed by atoms with Crippen molar-refractivity contribution in [3.63, 3.8) is 0 Å². The number of carbonyl (C=O) groups excluding carboxylic acids is 2. The third kappa shape index (κ3) is 2.84. The van der Waals surface area contributed by atoms with E-state index in [4.69, 9.17) is 16.8 Å². The van der Waals surface area contributed by atoms with Crippen LogP contribution in [0, 0.1) is 0 Å². The van der Waals surface area contributed by atoms with Gasteiger partial charge in [-0.2, -0.15) is 0 Å². The molecule has 2 aromatic rings. The molecule has 2 amide bonds. The molecule has 1 aromatic heterocycles. The van der Waals surface area contributed by atoms with Crippen molar-refractivity contribution < 1.29 is 14.8 Å². The molecule has 2 heterocycles. The Bertz CT molecular complexity index is 596. The van der Waals surface area contributed by atoms with Gasteiger partial charge in [-0.05, 0) is 24.3 Å². The Hall–Kier alpha value is -2.24. The van der Waals surface area contributed by atoms with Crippen LogP contribution in [0.3, 0.4) is 0 Å². The molecule has 0 radical (unpaired) electrons. The van der Waals surface area contributed by atoms with E-state index < -0.39 is 11.8 Å². The summed E-state index contributed by atoms with van der Waals surface area (Å²) in [5.41, 5.74) is 1.43. The number of amides is 2. The quantitative estimate of drug-likeness (QED) is 0.498. The highest BCUT2D eigenvalue weighted by atomic mass is 35.5. The number of fused-ring (bicyclic) bond motifs is 1. The SMILES string of the molecule is ClCc1ccccn1.O=C1c2ccccc2C(=O)N1O. The van der Waals surface area contributed by atoms with Crippen LogP contribution < -0.4 is 0 Å². The van der Waals surface area contributed by atoms with Crippen LogP contribution in [0.4, 0.5) is 0 Å². The number of nitrogens with zero attached hydrogens (tertiary/aromatic N) is 2. The van der Waals surface area contributed by atoms with Crippen LogP contribution in [-0.4, -0.2) is 27.1 Å². The maximum absolute atomic E-state index is 11.1. The minimum atomic E-state index is -0.657. The molecule has 1 aromatic carbocycles. The van der Waals surface area contributed by atoms with Crippen molar-refractivity contribution in [2.75, 3.05) is 0 Å². The molecule has 0 saturated heterocycles. The molecule has 102 valence electrons. The Balaban J connectivity index is 0.000000160. The van der Waals surface area contributed by atoms with Gasteiger partial charge in [0.05, 0.1) is 22.7 Å². The van der Waals surface area contributed by atoms with E-state index in [9.17, 15) is 9.59 Å². The number of benzene rings is 1. The van der Waals surface area contributed by atoms with E-state index in [1.807, 2.05) is 18.2 Å². The Kier molecular flexibility index (Phi) is 4.45. The maximum atomic E-state index is 11.1. The number of aromatic nitrogens is 1. The third-order valence-electron chi connectivity index (χ3n) is 2.64. The lowest BCUT2D eigenvalue weighted by Crippen LogP contribution is -2.25. The van der Waals surface area contributed by atoms with Crippen LogP contribution >= 0.6 is 11.6 Å². The molecule has 1 aliphatic rings. The highest BCUT2D eigenvalue weighted by Gasteiger charge is 2.33. The molecule has 5 nitrogen and oxygen atoms in total. The molecule has 0 atom stereocenters. The van der Waals surface area contributed by atoms with Gasteiger partial charge in [-0.1, -0.05) is 18.2 Å². The van der Waals surface area contributed by atoms with E-state index in [0.29, 0.717) is 5.88 Å². The predicted molar refractivity (Wildman–Crippen MR) is 72.5 cm³/mol. The number of alkyl halides is 1. The maximum Gasteiger partial charge on any atom is 0.285 e. The van der Waals surface area contributed by atoms with Crippen LogP contribution in [0.2, 0.25) is 0 Å². The van der Waals surface area contributed by atoms with E-state index in [1.165, 1.54) is 12.1 Å². The zero-order valence-electron chi connectivity index (χ0n) is 10.4. The summed E-state index contributed by atoms with van der Waals surface area (Å²) in [5.74, 6) is -0.813. The number of pyridine rings is 1. The Morgan fingerprint density at radius 2 is 1.55 bits per heavy atom. The van der Waals surface area contributed by atoms with Crippen molar-refractivity contribution in [2.24, 2.45) is 0 Å². The fourth-order valence-corrected chi connectivity index (χ4v) is 1.81. The van der Waals surface area contributed by atoms with Gasteiger partial charge in [-0.3, -0.25) is 19.8 Å². The first-order valence-electron chi connectivity index (χ1n) is 5.77. The lowest BCUT2D eigenvalue weighted by atomic mass is 10.1. The van der Waals surface area contributed by atoms with Crippen LogP contribution in [0.1, 0.15) is 26.4 Å². The van der Waals surface area contributed by atoms with Gasteiger partial charge in [0.1, 0.15) is 0 Å². The summed E-state index contributed by atoms with van der Waals surface area (Å²) in [6.45, 7) is 0. The minimum absolute atomic E-state index is 0.130. The average Bonchev–Trinajstić information content (AvgIpc) is 2.74. The minimum Gasteiger partial charge on any atom is -0.278 e. The number of hydrogen-bond donors (Lipinski definition) is 1. The van der Waals surface area contributed by atoms with Crippen molar-refractivity contribution in [1.29, 1.82) is 0 Å². The summed E-state index contributed by atoms with van der Waals surface area (Å²) in [4.78, 5) is 26.1. The molecule has 3 rings (SSSR count). The summed E-state index contributed by atoms with van der Waals surface area (Å²) in [7, 11) is 0. The monoisotopic (exact) mass is 290 g/mol. The molecular weight excluding hydrogens is 280 g/mol. The van der Waals surface area contributed by atoms with Crippen molar-refractivity contribution in [2.45, 2.75) is 5.88 Å². The number of halogens is 1. The van der Waals surface area contributed by atoms with E-state index in [1.54, 1.807) is 18.3 Å². The predicted octanol–water partition coefficient (Wildman–Crippen LogP) is 2.49. The van der Waals surface area contributed by atoms with Gasteiger partial charge in [0.25, 0.3) is 11.8 Å². The second-order valence-electron chi connectivity index (χ2n) is 3.92. The topological polar surface area (TPSA) is 70.5 Å². The first-order valence-corrected chi connectivity index (χ1v) is 6.31. The van der Waals surface area contributed by atoms with E-state index in [2.05, 4.69) is 4.98 Å². The molecule has 6 heteroatoms. The second kappa shape index (κ2) is 6.27. The largest absolute Gasteiger partial charge is 0.285 e. The summed E-state index contributed by atoms with van der Waals surface area (Å²) < 4.78 is 0. The lowest BCUT2D eigenvalue weighted by Gasteiger charge is -1.99. The van der Waals surface area contributed by atoms with Crippen molar-refractivity contribution in [3.8, 4) is 0 Å². The zero-order chi connectivity index (χ0) is 14.5. The zero-order valence-corrected chi connectivity index (χ0v) is 11.1. The molecule has 0 saturated carbocycles. The van der Waals surface area contributed by atoms with Crippen molar-refractivity contribution >= 4 is 23.4 Å². The van der Waals surface area contributed by atoms with Crippen LogP contribution in [0.5, 0.6) is 0 Å². The van der Waals surface area contributed by atoms with E-state index in [-0.39, 0.29) is 16.2 Å². The van der Waals surface area contributed by atoms with Crippen molar-refractivity contribution in [3.05, 3.63) is 65.5 Å². The van der Waals surface area contributed by atoms with Crippen LogP contribution in [0.15, 0.2) is 48.7 Å². The average molecular weight is 291 g/mol. The molecule has 0 bridgehead atoms. The standard InChI is InChI=1S/C8H5NO3.C6H6ClN/c10-7-5-3-1-2-4-6(5)8(11)9(7)12;7-5-6-3-1-2-4-8-6/h1-4,12H;1-4H,5H2. The number of imide groups is 1. The summed E-state index contributed by atoms with van der Waals surface area (Å²) in [6.07, 6.45) is 1.73. The number of carbonyl (C=O) groups is 2. The first kappa shape index (κ1) is 14.2. The second-order valence-corrected chi connectivity index (χ2v) is 4.19. The Morgan fingerprint density at radius 3 is 1.95 bits per heavy atom. The Labute approximate surface area is 120 Å². The van der Waals surface area contributed by atoms with Gasteiger partial charge in [-0.15, -0.1) is 16.7 Å². The molecule has 20 heavy (non-hydrogen) atoms. The van der Waals surface area contributed by atoms with Crippen LogP contribution in [0.25, 0.3) is 0 Å². The summed E-state index contributed by atoms with van der Waals surface area (Å²) in [6, 6.07) is 12.0. The fraction of sp³-hybridized carbons (Fsp3) is 0.0714. The van der Waals surface area contributed by atoms with Gasteiger partial charge < -0.3 is 0 Å². The molecular formula is C14H11ClN2O3. The Morgan fingerprint density at radius 1 is 1.00 bits per heavy atom. The smallest absolute Gasteiger partial charge is 0.278 e.